The predicted octanol–water partition coefficient (Wildman–Crippen LogP) is 3.20. The highest BCUT2D eigenvalue weighted by atomic mass is 16.5. The van der Waals surface area contributed by atoms with Gasteiger partial charge in [-0.3, -0.25) is 0 Å². The molecule has 0 spiro atoms. The lowest BCUT2D eigenvalue weighted by Crippen LogP contribution is -2.16. The third-order valence-corrected chi connectivity index (χ3v) is 3.20. The average Bonchev–Trinajstić information content (AvgIpc) is 2.40. The molecule has 0 amide bonds. The van der Waals surface area contributed by atoms with Gasteiger partial charge in [-0.05, 0) is 50.0 Å². The molecule has 1 unspecified atom stereocenters. The van der Waals surface area contributed by atoms with Gasteiger partial charge in [0, 0.05) is 6.04 Å². The SMILES string of the molecule is COc1cc([C@@H](C)N)ccc1OC1C=CCCC1. The van der Waals surface area contributed by atoms with E-state index >= 15 is 0 Å². The maximum absolute atomic E-state index is 5.96. The summed E-state index contributed by atoms with van der Waals surface area (Å²) in [6, 6.07) is 5.89. The summed E-state index contributed by atoms with van der Waals surface area (Å²) in [5.74, 6) is 1.54. The van der Waals surface area contributed by atoms with E-state index in [1.807, 2.05) is 25.1 Å². The molecule has 3 heteroatoms. The average molecular weight is 247 g/mol. The number of hydrogen-bond donors (Lipinski definition) is 1. The van der Waals surface area contributed by atoms with Gasteiger partial charge in [0.2, 0.25) is 0 Å². The zero-order valence-corrected chi connectivity index (χ0v) is 11.1. The van der Waals surface area contributed by atoms with Crippen LogP contribution in [0.2, 0.25) is 0 Å². The van der Waals surface area contributed by atoms with Crippen LogP contribution in [0, 0.1) is 0 Å². The minimum Gasteiger partial charge on any atom is -0.493 e. The van der Waals surface area contributed by atoms with E-state index < -0.39 is 0 Å². The zero-order valence-electron chi connectivity index (χ0n) is 11.1. The summed E-state index contributed by atoms with van der Waals surface area (Å²) in [7, 11) is 1.66. The van der Waals surface area contributed by atoms with Crippen LogP contribution in [0.4, 0.5) is 0 Å². The van der Waals surface area contributed by atoms with Crippen molar-refractivity contribution in [2.45, 2.75) is 38.3 Å². The Morgan fingerprint density at radius 1 is 1.33 bits per heavy atom. The van der Waals surface area contributed by atoms with Gasteiger partial charge in [0.05, 0.1) is 7.11 Å². The van der Waals surface area contributed by atoms with Crippen LogP contribution in [0.3, 0.4) is 0 Å². The highest BCUT2D eigenvalue weighted by Crippen LogP contribution is 2.31. The van der Waals surface area contributed by atoms with Gasteiger partial charge in [-0.15, -0.1) is 0 Å². The van der Waals surface area contributed by atoms with E-state index in [1.165, 1.54) is 6.42 Å². The standard InChI is InChI=1S/C15H21NO2/c1-11(16)12-8-9-14(15(10-12)17-2)18-13-6-4-3-5-7-13/h4,6,8-11,13H,3,5,7,16H2,1-2H3/t11-,13?/m1/s1. The molecule has 3 nitrogen and oxygen atoms in total. The van der Waals surface area contributed by atoms with Crippen LogP contribution >= 0.6 is 0 Å². The number of methoxy groups -OCH3 is 1. The molecular weight excluding hydrogens is 226 g/mol. The summed E-state index contributed by atoms with van der Waals surface area (Å²) >= 11 is 0. The van der Waals surface area contributed by atoms with Crippen molar-refractivity contribution in [3.8, 4) is 11.5 Å². The lowest BCUT2D eigenvalue weighted by Gasteiger charge is -2.20. The van der Waals surface area contributed by atoms with Gasteiger partial charge < -0.3 is 15.2 Å². The highest BCUT2D eigenvalue weighted by molar-refractivity contribution is 5.44. The molecule has 18 heavy (non-hydrogen) atoms. The Kier molecular flexibility index (Phi) is 4.26. The van der Waals surface area contributed by atoms with Crippen molar-refractivity contribution >= 4 is 0 Å². The van der Waals surface area contributed by atoms with Crippen molar-refractivity contribution in [1.29, 1.82) is 0 Å². The first-order chi connectivity index (χ1) is 8.70. The topological polar surface area (TPSA) is 44.5 Å². The zero-order chi connectivity index (χ0) is 13.0. The van der Waals surface area contributed by atoms with Crippen molar-refractivity contribution < 1.29 is 9.47 Å². The van der Waals surface area contributed by atoms with Gasteiger partial charge >= 0.3 is 0 Å². The maximum Gasteiger partial charge on any atom is 0.162 e. The van der Waals surface area contributed by atoms with E-state index in [0.717, 1.165) is 29.9 Å². The minimum atomic E-state index is 0.00234. The number of nitrogens with two attached hydrogens (primary N) is 1. The highest BCUT2D eigenvalue weighted by Gasteiger charge is 2.14. The predicted molar refractivity (Wildman–Crippen MR) is 73.0 cm³/mol. The molecule has 2 N–H and O–H groups in total. The van der Waals surface area contributed by atoms with Crippen LogP contribution in [0.25, 0.3) is 0 Å². The molecule has 2 atom stereocenters. The third kappa shape index (κ3) is 3.05. The summed E-state index contributed by atoms with van der Waals surface area (Å²) in [5, 5.41) is 0. The number of ether oxygens (including phenoxy) is 2. The van der Waals surface area contributed by atoms with E-state index in [0.29, 0.717) is 0 Å². The summed E-state index contributed by atoms with van der Waals surface area (Å²) in [6.45, 7) is 1.96. The fourth-order valence-electron chi connectivity index (χ4n) is 2.11. The number of allylic oxidation sites excluding steroid dienone is 1. The maximum atomic E-state index is 5.96. The summed E-state index contributed by atoms with van der Waals surface area (Å²) in [4.78, 5) is 0. The van der Waals surface area contributed by atoms with Gasteiger partial charge in [0.25, 0.3) is 0 Å². The fourth-order valence-corrected chi connectivity index (χ4v) is 2.11. The second-order valence-corrected chi connectivity index (χ2v) is 4.71. The van der Waals surface area contributed by atoms with Crippen LogP contribution in [0.1, 0.15) is 37.8 Å². The lowest BCUT2D eigenvalue weighted by molar-refractivity contribution is 0.219. The molecule has 0 bridgehead atoms. The Labute approximate surface area is 109 Å². The van der Waals surface area contributed by atoms with Crippen LogP contribution in [-0.2, 0) is 0 Å². The second-order valence-electron chi connectivity index (χ2n) is 4.71. The van der Waals surface area contributed by atoms with Gasteiger partial charge in [-0.25, -0.2) is 0 Å². The molecule has 1 aliphatic rings. The molecular formula is C15H21NO2. The van der Waals surface area contributed by atoms with Crippen molar-refractivity contribution in [2.24, 2.45) is 5.73 Å². The first-order valence-corrected chi connectivity index (χ1v) is 6.47. The Bertz CT molecular complexity index is 427. The molecule has 1 aromatic rings. The van der Waals surface area contributed by atoms with E-state index in [-0.39, 0.29) is 12.1 Å². The van der Waals surface area contributed by atoms with Crippen LogP contribution in [-0.4, -0.2) is 13.2 Å². The Balaban J connectivity index is 2.16. The molecule has 1 aromatic carbocycles. The van der Waals surface area contributed by atoms with Crippen LogP contribution in [0.15, 0.2) is 30.4 Å². The molecule has 2 rings (SSSR count). The van der Waals surface area contributed by atoms with Crippen molar-refractivity contribution in [3.63, 3.8) is 0 Å². The molecule has 0 saturated carbocycles. The van der Waals surface area contributed by atoms with E-state index in [9.17, 15) is 0 Å². The van der Waals surface area contributed by atoms with E-state index in [4.69, 9.17) is 15.2 Å². The van der Waals surface area contributed by atoms with Gasteiger partial charge in [-0.1, -0.05) is 12.1 Å². The molecule has 1 aliphatic carbocycles. The molecule has 0 heterocycles. The largest absolute Gasteiger partial charge is 0.493 e. The summed E-state index contributed by atoms with van der Waals surface area (Å²) < 4.78 is 11.3. The van der Waals surface area contributed by atoms with Gasteiger partial charge in [0.1, 0.15) is 6.10 Å². The number of hydrogen-bond acceptors (Lipinski definition) is 3. The first-order valence-electron chi connectivity index (χ1n) is 6.47. The second kappa shape index (κ2) is 5.91. The quantitative estimate of drug-likeness (QED) is 0.831. The molecule has 0 aromatic heterocycles. The Morgan fingerprint density at radius 2 is 2.17 bits per heavy atom. The fraction of sp³-hybridized carbons (Fsp3) is 0.467. The smallest absolute Gasteiger partial charge is 0.162 e. The summed E-state index contributed by atoms with van der Waals surface area (Å²) in [6.07, 6.45) is 7.87. The minimum absolute atomic E-state index is 0.00234. The Hall–Kier alpha value is -1.48. The molecule has 0 saturated heterocycles. The first kappa shape index (κ1) is 13.0. The third-order valence-electron chi connectivity index (χ3n) is 3.20. The number of rotatable bonds is 4. The monoisotopic (exact) mass is 247 g/mol. The van der Waals surface area contributed by atoms with Crippen molar-refractivity contribution in [1.82, 2.24) is 0 Å². The molecule has 0 radical (unpaired) electrons. The normalized spacial score (nSPS) is 20.5. The van der Waals surface area contributed by atoms with Crippen molar-refractivity contribution in [2.75, 3.05) is 7.11 Å². The van der Waals surface area contributed by atoms with Crippen molar-refractivity contribution in [3.05, 3.63) is 35.9 Å². The van der Waals surface area contributed by atoms with Crippen LogP contribution in [0.5, 0.6) is 11.5 Å². The molecule has 0 fully saturated rings. The number of benzene rings is 1. The van der Waals surface area contributed by atoms with E-state index in [1.54, 1.807) is 7.11 Å². The van der Waals surface area contributed by atoms with Gasteiger partial charge in [-0.2, -0.15) is 0 Å². The summed E-state index contributed by atoms with van der Waals surface area (Å²) in [5.41, 5.74) is 6.92. The van der Waals surface area contributed by atoms with Crippen LogP contribution < -0.4 is 15.2 Å². The van der Waals surface area contributed by atoms with E-state index in [2.05, 4.69) is 12.2 Å². The molecule has 0 aliphatic heterocycles. The molecule has 98 valence electrons. The van der Waals surface area contributed by atoms with Gasteiger partial charge in [0.15, 0.2) is 11.5 Å². The Morgan fingerprint density at radius 3 is 2.78 bits per heavy atom. The lowest BCUT2D eigenvalue weighted by atomic mass is 10.1.